The third-order valence-electron chi connectivity index (χ3n) is 5.46. The first kappa shape index (κ1) is 22.7. The third-order valence-corrected chi connectivity index (χ3v) is 5.46. The summed E-state index contributed by atoms with van der Waals surface area (Å²) in [6.07, 6.45) is 1.63. The number of esters is 1. The van der Waals surface area contributed by atoms with E-state index >= 15 is 0 Å². The van der Waals surface area contributed by atoms with Crippen LogP contribution in [-0.4, -0.2) is 65.1 Å². The Labute approximate surface area is 173 Å². The van der Waals surface area contributed by atoms with Crippen LogP contribution >= 0.6 is 0 Å². The van der Waals surface area contributed by atoms with Crippen LogP contribution in [0.15, 0.2) is 11.6 Å². The summed E-state index contributed by atoms with van der Waals surface area (Å²) >= 11 is 0. The molecule has 1 unspecified atom stereocenters. The van der Waals surface area contributed by atoms with Crippen LogP contribution in [0.25, 0.3) is 6.08 Å². The van der Waals surface area contributed by atoms with E-state index < -0.39 is 12.1 Å². The number of hydrogen-bond donors (Lipinski definition) is 0. The van der Waals surface area contributed by atoms with Crippen molar-refractivity contribution in [2.45, 2.75) is 53.7 Å². The molecule has 7 nitrogen and oxygen atoms in total. The van der Waals surface area contributed by atoms with Crippen molar-refractivity contribution in [1.82, 2.24) is 14.4 Å². The topological polar surface area (TPSA) is 78.6 Å². The Morgan fingerprint density at radius 2 is 1.90 bits per heavy atom. The van der Waals surface area contributed by atoms with Gasteiger partial charge in [0.15, 0.2) is 6.10 Å². The Hall–Kier alpha value is -2.59. The van der Waals surface area contributed by atoms with E-state index in [1.807, 2.05) is 26.0 Å². The summed E-state index contributed by atoms with van der Waals surface area (Å²) in [5.41, 5.74) is 2.80. The second kappa shape index (κ2) is 10.3. The number of amides is 1. The normalized spacial score (nSPS) is 16.4. The molecular weight excluding hydrogens is 368 g/mol. The van der Waals surface area contributed by atoms with Gasteiger partial charge in [0.25, 0.3) is 5.91 Å². The highest BCUT2D eigenvalue weighted by Crippen LogP contribution is 2.19. The second-order valence-electron chi connectivity index (χ2n) is 7.46. The minimum Gasteiger partial charge on any atom is -0.448 e. The molecule has 29 heavy (non-hydrogen) atoms. The zero-order chi connectivity index (χ0) is 21.6. The molecule has 0 saturated carbocycles. The Balaban J connectivity index is 2.06. The zero-order valence-corrected chi connectivity index (χ0v) is 18.2. The number of rotatable bonds is 7. The van der Waals surface area contributed by atoms with Crippen molar-refractivity contribution in [1.29, 1.82) is 5.26 Å². The molecule has 2 heterocycles. The number of aryl methyl sites for hydroxylation is 1. The quantitative estimate of drug-likeness (QED) is 0.399. The molecule has 158 valence electrons. The first-order valence-corrected chi connectivity index (χ1v) is 10.3. The Bertz CT molecular complexity index is 811. The number of likely N-dealkylation sites (N-methyl/N-ethyl adjacent to an activating group) is 1. The highest BCUT2D eigenvalue weighted by molar-refractivity contribution is 5.99. The minimum atomic E-state index is -0.917. The molecule has 1 saturated heterocycles. The van der Waals surface area contributed by atoms with Crippen LogP contribution in [0, 0.1) is 25.2 Å². The van der Waals surface area contributed by atoms with Crippen LogP contribution in [0.2, 0.25) is 0 Å². The fourth-order valence-corrected chi connectivity index (χ4v) is 3.65. The van der Waals surface area contributed by atoms with Crippen molar-refractivity contribution in [3.05, 3.63) is 28.6 Å². The van der Waals surface area contributed by atoms with E-state index in [1.54, 1.807) is 17.9 Å². The molecule has 1 aromatic heterocycles. The number of ether oxygens (including phenoxy) is 1. The number of nitriles is 1. The maximum atomic E-state index is 12.6. The lowest BCUT2D eigenvalue weighted by molar-refractivity contribution is -0.156. The third kappa shape index (κ3) is 5.48. The average molecular weight is 401 g/mol. The van der Waals surface area contributed by atoms with Gasteiger partial charge in [-0.15, -0.1) is 0 Å². The summed E-state index contributed by atoms with van der Waals surface area (Å²) in [4.78, 5) is 29.1. The van der Waals surface area contributed by atoms with Gasteiger partial charge in [-0.1, -0.05) is 13.8 Å². The van der Waals surface area contributed by atoms with E-state index in [1.165, 1.54) is 0 Å². The summed E-state index contributed by atoms with van der Waals surface area (Å²) in [5, 5.41) is 9.46. The standard InChI is InChI=1S/C22H32N4O3/c1-6-8-26-16(3)13-19(17(26)4)14-20(15-23)22(28)29-18(5)21(27)25-11-9-24(7-2)10-12-25/h13-14,18H,6-12H2,1-5H3/b20-14-. The van der Waals surface area contributed by atoms with Crippen molar-refractivity contribution in [2.24, 2.45) is 0 Å². The van der Waals surface area contributed by atoms with Gasteiger partial charge in [-0.25, -0.2) is 4.79 Å². The summed E-state index contributed by atoms with van der Waals surface area (Å²) in [7, 11) is 0. The molecular formula is C22H32N4O3. The Kier molecular flexibility index (Phi) is 8.03. The number of carbonyl (C=O) groups excluding carboxylic acids is 2. The molecule has 1 aromatic rings. The molecule has 0 bridgehead atoms. The van der Waals surface area contributed by atoms with Crippen LogP contribution in [-0.2, 0) is 20.9 Å². The lowest BCUT2D eigenvalue weighted by Crippen LogP contribution is -2.51. The van der Waals surface area contributed by atoms with Crippen LogP contribution < -0.4 is 0 Å². The van der Waals surface area contributed by atoms with Crippen molar-refractivity contribution < 1.29 is 14.3 Å². The van der Waals surface area contributed by atoms with E-state index in [2.05, 4.69) is 23.3 Å². The lowest BCUT2D eigenvalue weighted by Gasteiger charge is -2.35. The smallest absolute Gasteiger partial charge is 0.349 e. The molecule has 1 fully saturated rings. The van der Waals surface area contributed by atoms with Crippen molar-refractivity contribution in [3.8, 4) is 6.07 Å². The van der Waals surface area contributed by atoms with Crippen molar-refractivity contribution >= 4 is 18.0 Å². The molecule has 2 rings (SSSR count). The minimum absolute atomic E-state index is 0.0998. The van der Waals surface area contributed by atoms with Crippen molar-refractivity contribution in [2.75, 3.05) is 32.7 Å². The monoisotopic (exact) mass is 400 g/mol. The van der Waals surface area contributed by atoms with Gasteiger partial charge < -0.3 is 19.1 Å². The van der Waals surface area contributed by atoms with Crippen LogP contribution in [0.5, 0.6) is 0 Å². The average Bonchev–Trinajstić information content (AvgIpc) is 2.98. The fourth-order valence-electron chi connectivity index (χ4n) is 3.65. The number of aromatic nitrogens is 1. The molecule has 1 aliphatic heterocycles. The van der Waals surface area contributed by atoms with Gasteiger partial charge in [0.2, 0.25) is 0 Å². The lowest BCUT2D eigenvalue weighted by atomic mass is 10.1. The molecule has 1 aliphatic rings. The Morgan fingerprint density at radius 1 is 1.24 bits per heavy atom. The molecule has 0 radical (unpaired) electrons. The SMILES string of the molecule is CCCn1c(C)cc(/C=C(/C#N)C(=O)OC(C)C(=O)N2CCN(CC)CC2)c1C. The molecule has 0 N–H and O–H groups in total. The van der Waals surface area contributed by atoms with Crippen LogP contribution in [0.4, 0.5) is 0 Å². The van der Waals surface area contributed by atoms with Crippen LogP contribution in [0.1, 0.15) is 44.1 Å². The molecule has 7 heteroatoms. The van der Waals surface area contributed by atoms with E-state index in [9.17, 15) is 14.9 Å². The highest BCUT2D eigenvalue weighted by Gasteiger charge is 2.27. The first-order chi connectivity index (χ1) is 13.8. The second-order valence-corrected chi connectivity index (χ2v) is 7.46. The largest absolute Gasteiger partial charge is 0.448 e. The van der Waals surface area contributed by atoms with Gasteiger partial charge in [-0.2, -0.15) is 5.26 Å². The zero-order valence-electron chi connectivity index (χ0n) is 18.2. The van der Waals surface area contributed by atoms with E-state index in [0.29, 0.717) is 13.1 Å². The van der Waals surface area contributed by atoms with Gasteiger partial charge in [-0.3, -0.25) is 4.79 Å². The first-order valence-electron chi connectivity index (χ1n) is 10.3. The number of nitrogens with zero attached hydrogens (tertiary/aromatic N) is 4. The van der Waals surface area contributed by atoms with Gasteiger partial charge in [0, 0.05) is 44.1 Å². The van der Waals surface area contributed by atoms with E-state index in [-0.39, 0.29) is 11.5 Å². The maximum absolute atomic E-state index is 12.6. The predicted molar refractivity (Wildman–Crippen MR) is 112 cm³/mol. The van der Waals surface area contributed by atoms with Gasteiger partial charge in [0.05, 0.1) is 0 Å². The maximum Gasteiger partial charge on any atom is 0.349 e. The van der Waals surface area contributed by atoms with Crippen molar-refractivity contribution in [3.63, 3.8) is 0 Å². The summed E-state index contributed by atoms with van der Waals surface area (Å²) < 4.78 is 7.49. The number of piperazine rings is 1. The number of carbonyl (C=O) groups is 2. The summed E-state index contributed by atoms with van der Waals surface area (Å²) in [5.74, 6) is -0.978. The molecule has 1 atom stereocenters. The highest BCUT2D eigenvalue weighted by atomic mass is 16.5. The molecule has 0 spiro atoms. The number of hydrogen-bond acceptors (Lipinski definition) is 5. The molecule has 1 amide bonds. The fraction of sp³-hybridized carbons (Fsp3) is 0.591. The van der Waals surface area contributed by atoms with E-state index in [0.717, 1.165) is 49.6 Å². The Morgan fingerprint density at radius 3 is 2.45 bits per heavy atom. The van der Waals surface area contributed by atoms with Gasteiger partial charge in [-0.05, 0) is 51.4 Å². The predicted octanol–water partition coefficient (Wildman–Crippen LogP) is 2.52. The molecule has 0 aliphatic carbocycles. The van der Waals surface area contributed by atoms with Crippen LogP contribution in [0.3, 0.4) is 0 Å². The van der Waals surface area contributed by atoms with Gasteiger partial charge in [0.1, 0.15) is 11.6 Å². The molecule has 0 aromatic carbocycles. The van der Waals surface area contributed by atoms with E-state index in [4.69, 9.17) is 4.74 Å². The van der Waals surface area contributed by atoms with Gasteiger partial charge >= 0.3 is 5.97 Å². The summed E-state index contributed by atoms with van der Waals surface area (Å²) in [6, 6.07) is 3.88. The summed E-state index contributed by atoms with van der Waals surface area (Å²) in [6.45, 7) is 14.5.